The number of nitrogens with zero attached hydrogens (tertiary/aromatic N) is 2. The fraction of sp³-hybridized carbons (Fsp3) is 0.0435. The van der Waals surface area contributed by atoms with Crippen LogP contribution in [0.5, 0.6) is 0 Å². The van der Waals surface area contributed by atoms with Crippen molar-refractivity contribution in [2.24, 2.45) is 0 Å². The summed E-state index contributed by atoms with van der Waals surface area (Å²) >= 11 is 0. The average molecular weight is 381 g/mol. The van der Waals surface area contributed by atoms with Gasteiger partial charge in [0.1, 0.15) is 11.3 Å². The molecule has 0 atom stereocenters. The van der Waals surface area contributed by atoms with E-state index in [1.54, 1.807) is 53.1 Å². The van der Waals surface area contributed by atoms with Crippen LogP contribution in [0.2, 0.25) is 0 Å². The van der Waals surface area contributed by atoms with E-state index in [4.69, 9.17) is 0 Å². The molecule has 0 fully saturated rings. The van der Waals surface area contributed by atoms with Crippen molar-refractivity contribution in [1.29, 1.82) is 0 Å². The van der Waals surface area contributed by atoms with E-state index in [0.717, 1.165) is 5.56 Å². The summed E-state index contributed by atoms with van der Waals surface area (Å²) < 4.78 is 1.77. The Morgan fingerprint density at radius 1 is 0.897 bits per heavy atom. The largest absolute Gasteiger partial charge is 0.321 e. The third-order valence-corrected chi connectivity index (χ3v) is 5.03. The van der Waals surface area contributed by atoms with Crippen LogP contribution in [0.25, 0.3) is 5.65 Å². The number of ketones is 2. The van der Waals surface area contributed by atoms with Crippen LogP contribution in [-0.4, -0.2) is 26.9 Å². The van der Waals surface area contributed by atoms with Gasteiger partial charge in [0.25, 0.3) is 5.91 Å². The number of carbonyl (C=O) groups is 3. The van der Waals surface area contributed by atoms with E-state index in [0.29, 0.717) is 28.0 Å². The van der Waals surface area contributed by atoms with E-state index in [-0.39, 0.29) is 28.7 Å². The molecular weight excluding hydrogens is 366 g/mol. The number of fused-ring (bicyclic) bond motifs is 3. The number of imidazole rings is 1. The number of rotatable bonds is 2. The van der Waals surface area contributed by atoms with Gasteiger partial charge in [-0.25, -0.2) is 4.98 Å². The molecule has 0 radical (unpaired) electrons. The van der Waals surface area contributed by atoms with E-state index in [1.165, 1.54) is 0 Å². The zero-order valence-corrected chi connectivity index (χ0v) is 15.5. The number of carbonyl (C=O) groups excluding carboxylic acids is 3. The van der Waals surface area contributed by atoms with Crippen LogP contribution in [0.3, 0.4) is 0 Å². The third kappa shape index (κ3) is 2.73. The molecule has 1 aliphatic rings. The number of hydrogen-bond donors (Lipinski definition) is 1. The van der Waals surface area contributed by atoms with E-state index >= 15 is 0 Å². The number of aromatic nitrogens is 2. The van der Waals surface area contributed by atoms with Gasteiger partial charge in [0.05, 0.1) is 0 Å². The maximum Gasteiger partial charge on any atom is 0.275 e. The maximum absolute atomic E-state index is 12.8. The van der Waals surface area contributed by atoms with Gasteiger partial charge in [-0.3, -0.25) is 14.4 Å². The molecule has 6 heteroatoms. The Hall–Kier alpha value is -4.06. The fourth-order valence-corrected chi connectivity index (χ4v) is 3.57. The first-order valence-electron chi connectivity index (χ1n) is 9.10. The van der Waals surface area contributed by atoms with Crippen LogP contribution in [0.4, 0.5) is 5.69 Å². The maximum atomic E-state index is 12.8. The molecule has 4 aromatic rings. The van der Waals surface area contributed by atoms with Crippen molar-refractivity contribution < 1.29 is 14.4 Å². The summed E-state index contributed by atoms with van der Waals surface area (Å²) in [4.78, 5) is 42.5. The van der Waals surface area contributed by atoms with Gasteiger partial charge in [0, 0.05) is 40.3 Å². The highest BCUT2D eigenvalue weighted by Crippen LogP contribution is 2.29. The molecule has 1 N–H and O–H groups in total. The highest BCUT2D eigenvalue weighted by molar-refractivity contribution is 6.28. The van der Waals surface area contributed by atoms with Crippen molar-refractivity contribution in [3.05, 3.63) is 101 Å². The highest BCUT2D eigenvalue weighted by atomic mass is 16.2. The molecule has 0 unspecified atom stereocenters. The van der Waals surface area contributed by atoms with Crippen LogP contribution in [0.15, 0.2) is 67.0 Å². The van der Waals surface area contributed by atoms with E-state index < -0.39 is 0 Å². The van der Waals surface area contributed by atoms with Gasteiger partial charge in [-0.15, -0.1) is 0 Å². The second kappa shape index (κ2) is 6.24. The Morgan fingerprint density at radius 3 is 2.34 bits per heavy atom. The summed E-state index contributed by atoms with van der Waals surface area (Å²) in [6, 6.07) is 15.3. The van der Waals surface area contributed by atoms with Gasteiger partial charge in [-0.05, 0) is 42.8 Å². The molecule has 0 aliphatic heterocycles. The van der Waals surface area contributed by atoms with Crippen molar-refractivity contribution in [3.8, 4) is 0 Å². The minimum Gasteiger partial charge on any atom is -0.321 e. The molecule has 2 heterocycles. The van der Waals surface area contributed by atoms with E-state index in [9.17, 15) is 14.4 Å². The molecule has 6 nitrogen and oxygen atoms in total. The minimum atomic E-state index is -0.388. The van der Waals surface area contributed by atoms with Crippen LogP contribution in [0.1, 0.15) is 47.9 Å². The summed E-state index contributed by atoms with van der Waals surface area (Å²) in [6.45, 7) is 1.96. The monoisotopic (exact) mass is 381 g/mol. The quantitative estimate of drug-likeness (QED) is 0.506. The van der Waals surface area contributed by atoms with Crippen molar-refractivity contribution in [1.82, 2.24) is 9.38 Å². The predicted molar refractivity (Wildman–Crippen MR) is 108 cm³/mol. The SMILES string of the molecule is Cc1ccn2cc(C(=O)Nc3ccc4c(c3)C(=O)c3ccccc3C4=O)nc2c1. The zero-order valence-electron chi connectivity index (χ0n) is 15.5. The van der Waals surface area contributed by atoms with Gasteiger partial charge in [-0.2, -0.15) is 0 Å². The molecule has 0 saturated carbocycles. The molecule has 0 bridgehead atoms. The number of aryl methyl sites for hydroxylation is 1. The molecule has 1 amide bonds. The average Bonchev–Trinajstić information content (AvgIpc) is 3.15. The van der Waals surface area contributed by atoms with Crippen LogP contribution in [-0.2, 0) is 0 Å². The lowest BCUT2D eigenvalue weighted by Crippen LogP contribution is -2.21. The number of hydrogen-bond acceptors (Lipinski definition) is 4. The first-order chi connectivity index (χ1) is 14.0. The Kier molecular flexibility index (Phi) is 3.67. The molecule has 0 saturated heterocycles. The zero-order chi connectivity index (χ0) is 20.1. The van der Waals surface area contributed by atoms with Gasteiger partial charge in [0.2, 0.25) is 0 Å². The molecule has 2 aromatic carbocycles. The van der Waals surface area contributed by atoms with E-state index in [1.807, 2.05) is 25.3 Å². The third-order valence-electron chi connectivity index (χ3n) is 5.03. The van der Waals surface area contributed by atoms with E-state index in [2.05, 4.69) is 10.3 Å². The number of benzene rings is 2. The summed E-state index contributed by atoms with van der Waals surface area (Å²) in [5.74, 6) is -0.806. The molecule has 140 valence electrons. The van der Waals surface area contributed by atoms with Crippen LogP contribution < -0.4 is 5.32 Å². The Labute approximate surface area is 165 Å². The van der Waals surface area contributed by atoms with Crippen LogP contribution >= 0.6 is 0 Å². The van der Waals surface area contributed by atoms with Crippen molar-refractivity contribution in [2.75, 3.05) is 5.32 Å². The highest BCUT2D eigenvalue weighted by Gasteiger charge is 2.29. The predicted octanol–water partition coefficient (Wildman–Crippen LogP) is 3.67. The minimum absolute atomic E-state index is 0.191. The summed E-state index contributed by atoms with van der Waals surface area (Å²) in [5, 5.41) is 2.76. The van der Waals surface area contributed by atoms with Crippen LogP contribution in [0, 0.1) is 6.92 Å². The fourth-order valence-electron chi connectivity index (χ4n) is 3.57. The first-order valence-corrected chi connectivity index (χ1v) is 9.10. The number of nitrogens with one attached hydrogen (secondary N) is 1. The topological polar surface area (TPSA) is 80.5 Å². The smallest absolute Gasteiger partial charge is 0.275 e. The van der Waals surface area contributed by atoms with Gasteiger partial charge in [-0.1, -0.05) is 24.3 Å². The molecular formula is C23H15N3O3. The second-order valence-electron chi connectivity index (χ2n) is 7.01. The van der Waals surface area contributed by atoms with Gasteiger partial charge < -0.3 is 9.72 Å². The lowest BCUT2D eigenvalue weighted by molar-refractivity contribution is 0.0979. The van der Waals surface area contributed by atoms with Gasteiger partial charge >= 0.3 is 0 Å². The lowest BCUT2D eigenvalue weighted by atomic mass is 9.84. The Bertz CT molecular complexity index is 1350. The van der Waals surface area contributed by atoms with Gasteiger partial charge in [0.15, 0.2) is 11.6 Å². The van der Waals surface area contributed by atoms with Crippen molar-refractivity contribution in [2.45, 2.75) is 6.92 Å². The number of anilines is 1. The molecule has 5 rings (SSSR count). The second-order valence-corrected chi connectivity index (χ2v) is 7.01. The Balaban J connectivity index is 1.47. The van der Waals surface area contributed by atoms with Crippen molar-refractivity contribution >= 4 is 28.8 Å². The number of pyridine rings is 1. The summed E-state index contributed by atoms with van der Waals surface area (Å²) in [5.41, 5.74) is 3.84. The Morgan fingerprint density at radius 2 is 1.59 bits per heavy atom. The summed E-state index contributed by atoms with van der Waals surface area (Å²) in [6.07, 6.45) is 3.49. The standard InChI is InChI=1S/C23H15N3O3/c1-13-8-9-26-12-19(25-20(26)10-13)23(29)24-14-6-7-17-18(11-14)22(28)16-5-3-2-4-15(16)21(17)27/h2-12H,1H3,(H,24,29). The lowest BCUT2D eigenvalue weighted by Gasteiger charge is -2.18. The molecule has 29 heavy (non-hydrogen) atoms. The molecule has 2 aromatic heterocycles. The summed E-state index contributed by atoms with van der Waals surface area (Å²) in [7, 11) is 0. The molecule has 1 aliphatic carbocycles. The molecule has 0 spiro atoms. The number of amides is 1. The first kappa shape index (κ1) is 17.1. The normalized spacial score (nSPS) is 12.6. The van der Waals surface area contributed by atoms with Crippen molar-refractivity contribution in [3.63, 3.8) is 0 Å².